The predicted molar refractivity (Wildman–Crippen MR) is 268 cm³/mol. The molecule has 0 spiro atoms. The SMILES string of the molecule is COc1nn(C)c(=O)n1-c1ccc(-c2ccnc(N3CCN(c4cccnc4)C3=O)c2C)c(-c2ccc(N3CCC(N4CCN(c5cccc6c(C7CCC(=O)NC7=O)nn(C)c56)CC4)CC3)cc2)c1. The molecular weight excluding hydrogens is 887 g/mol. The number of para-hydroxylation sites is 1. The van der Waals surface area contributed by atoms with Crippen molar-refractivity contribution in [3.05, 3.63) is 119 Å². The zero-order valence-electron chi connectivity index (χ0n) is 39.8. The Hall–Kier alpha value is -7.86. The average Bonchev–Trinajstić information content (AvgIpc) is 4.04. The van der Waals surface area contributed by atoms with Crippen LogP contribution >= 0.6 is 0 Å². The Bertz CT molecular complexity index is 3200. The van der Waals surface area contributed by atoms with Crippen molar-refractivity contribution in [1.82, 2.24) is 44.3 Å². The van der Waals surface area contributed by atoms with Crippen LogP contribution in [0.4, 0.5) is 27.7 Å². The van der Waals surface area contributed by atoms with E-state index in [0.717, 1.165) is 114 Å². The topological polar surface area (TPSA) is 172 Å². The summed E-state index contributed by atoms with van der Waals surface area (Å²) >= 11 is 0. The quantitative estimate of drug-likeness (QED) is 0.167. The van der Waals surface area contributed by atoms with Gasteiger partial charge >= 0.3 is 17.7 Å². The van der Waals surface area contributed by atoms with Crippen LogP contribution in [0.15, 0.2) is 102 Å². The van der Waals surface area contributed by atoms with Crippen molar-refractivity contribution in [1.29, 1.82) is 0 Å². The van der Waals surface area contributed by atoms with Crippen molar-refractivity contribution in [2.45, 2.75) is 44.6 Å². The highest BCUT2D eigenvalue weighted by Gasteiger charge is 2.35. The van der Waals surface area contributed by atoms with Crippen molar-refractivity contribution in [2.24, 2.45) is 14.1 Å². The molecular formula is C52H55N13O5. The molecule has 70 heavy (non-hydrogen) atoms. The van der Waals surface area contributed by atoms with Crippen molar-refractivity contribution in [3.63, 3.8) is 0 Å². The first-order valence-electron chi connectivity index (χ1n) is 24.0. The molecule has 0 radical (unpaired) electrons. The fourth-order valence-electron chi connectivity index (χ4n) is 11.0. The van der Waals surface area contributed by atoms with Gasteiger partial charge in [0.1, 0.15) is 5.82 Å². The molecule has 7 aromatic rings. The number of carbonyl (C=O) groups is 3. The van der Waals surface area contributed by atoms with Crippen LogP contribution in [0.2, 0.25) is 0 Å². The van der Waals surface area contributed by atoms with Gasteiger partial charge in [0.15, 0.2) is 0 Å². The maximum atomic E-state index is 13.8. The van der Waals surface area contributed by atoms with Crippen molar-refractivity contribution < 1.29 is 19.1 Å². The number of piperidine rings is 2. The number of hydrogen-bond donors (Lipinski definition) is 1. The van der Waals surface area contributed by atoms with E-state index in [1.165, 1.54) is 16.4 Å². The Morgan fingerprint density at radius 2 is 1.46 bits per heavy atom. The van der Waals surface area contributed by atoms with Gasteiger partial charge in [-0.15, -0.1) is 5.10 Å². The van der Waals surface area contributed by atoms with E-state index in [-0.39, 0.29) is 29.5 Å². The van der Waals surface area contributed by atoms with Gasteiger partial charge in [-0.2, -0.15) is 5.10 Å². The summed E-state index contributed by atoms with van der Waals surface area (Å²) in [4.78, 5) is 71.8. The third-order valence-corrected chi connectivity index (χ3v) is 14.6. The maximum absolute atomic E-state index is 13.8. The van der Waals surface area contributed by atoms with Crippen LogP contribution in [0.5, 0.6) is 6.01 Å². The van der Waals surface area contributed by atoms with Gasteiger partial charge in [0, 0.05) is 102 Å². The number of aromatic nitrogens is 7. The summed E-state index contributed by atoms with van der Waals surface area (Å²) in [5.74, 6) is -0.328. The zero-order chi connectivity index (χ0) is 48.2. The minimum absolute atomic E-state index is 0.152. The number of nitrogens with zero attached hydrogens (tertiary/aromatic N) is 12. The number of carbonyl (C=O) groups excluding carboxylic acids is 3. The molecule has 0 aliphatic carbocycles. The lowest BCUT2D eigenvalue weighted by Crippen LogP contribution is -2.53. The van der Waals surface area contributed by atoms with Gasteiger partial charge in [-0.3, -0.25) is 39.3 Å². The van der Waals surface area contributed by atoms with Gasteiger partial charge in [0.05, 0.1) is 47.5 Å². The predicted octanol–water partition coefficient (Wildman–Crippen LogP) is 5.66. The number of fused-ring (bicyclic) bond motifs is 1. The molecule has 0 saturated carbocycles. The highest BCUT2D eigenvalue weighted by molar-refractivity contribution is 6.06. The summed E-state index contributed by atoms with van der Waals surface area (Å²) in [5.41, 5.74) is 9.66. The first-order chi connectivity index (χ1) is 34.1. The molecule has 4 saturated heterocycles. The summed E-state index contributed by atoms with van der Waals surface area (Å²) in [6.07, 6.45) is 8.06. The second kappa shape index (κ2) is 18.2. The molecule has 4 aliphatic heterocycles. The third-order valence-electron chi connectivity index (χ3n) is 14.6. The molecule has 4 amide bonds. The lowest BCUT2D eigenvalue weighted by molar-refractivity contribution is -0.134. The molecule has 3 aromatic carbocycles. The molecule has 1 N–H and O–H groups in total. The van der Waals surface area contributed by atoms with Gasteiger partial charge < -0.3 is 14.5 Å². The molecule has 4 fully saturated rings. The normalized spacial score (nSPS) is 18.3. The number of anilines is 4. The third kappa shape index (κ3) is 7.90. The van der Waals surface area contributed by atoms with Crippen LogP contribution in [0.3, 0.4) is 0 Å². The summed E-state index contributed by atoms with van der Waals surface area (Å²) in [6, 6.07) is 27.0. The van der Waals surface area contributed by atoms with E-state index in [4.69, 9.17) is 14.8 Å². The zero-order valence-corrected chi connectivity index (χ0v) is 39.8. The fourth-order valence-corrected chi connectivity index (χ4v) is 11.0. The molecule has 1 atom stereocenters. The van der Waals surface area contributed by atoms with Crippen LogP contribution in [0.25, 0.3) is 38.8 Å². The molecule has 4 aromatic heterocycles. The van der Waals surface area contributed by atoms with Crippen molar-refractivity contribution in [3.8, 4) is 34.0 Å². The number of urea groups is 1. The van der Waals surface area contributed by atoms with Crippen LogP contribution in [-0.4, -0.2) is 122 Å². The van der Waals surface area contributed by atoms with E-state index in [2.05, 4.69) is 66.5 Å². The minimum atomic E-state index is -0.434. The number of benzene rings is 3. The summed E-state index contributed by atoms with van der Waals surface area (Å²) < 4.78 is 10.2. The van der Waals surface area contributed by atoms with E-state index in [0.29, 0.717) is 43.5 Å². The minimum Gasteiger partial charge on any atom is -0.467 e. The van der Waals surface area contributed by atoms with Gasteiger partial charge in [-0.25, -0.2) is 23.8 Å². The number of piperazine rings is 1. The standard InChI is InChI=1S/C52H55N13O5/c1-33-39(18-22-54-48(33)64-30-29-63(52(64)69)38-7-6-21-53-32-38)40-15-14-37(65-50(70-4)57-59(3)51(65)68)31-43(40)34-10-12-35(13-11-34)60-23-19-36(20-24-60)61-25-27-62(28-26-61)44-9-5-8-41-46(56-58(2)47(41)44)42-16-17-45(66)55-49(42)67/h5-15,18,21-22,31-32,36,42H,16-17,19-20,23-30H2,1-4H3,(H,55,66,67). The molecule has 18 nitrogen and oxygen atoms in total. The average molecular weight is 942 g/mol. The fraction of sp³-hybridized carbons (Fsp3) is 0.346. The Morgan fingerprint density at radius 1 is 0.686 bits per heavy atom. The summed E-state index contributed by atoms with van der Waals surface area (Å²) in [7, 11) is 5.04. The summed E-state index contributed by atoms with van der Waals surface area (Å²) in [5, 5.41) is 12.6. The lowest BCUT2D eigenvalue weighted by atomic mass is 9.91. The first-order valence-corrected chi connectivity index (χ1v) is 24.0. The number of aryl methyl sites for hydroxylation is 2. The van der Waals surface area contributed by atoms with Crippen LogP contribution in [-0.2, 0) is 23.7 Å². The van der Waals surface area contributed by atoms with E-state index >= 15 is 0 Å². The monoisotopic (exact) mass is 941 g/mol. The molecule has 358 valence electrons. The smallest absolute Gasteiger partial charge is 0.353 e. The summed E-state index contributed by atoms with van der Waals surface area (Å²) in [6.45, 7) is 8.60. The van der Waals surface area contributed by atoms with Crippen molar-refractivity contribution in [2.75, 3.05) is 79.1 Å². The molecule has 4 aliphatic rings. The number of hydrogen-bond acceptors (Lipinski definition) is 12. The van der Waals surface area contributed by atoms with Gasteiger partial charge in [0.25, 0.3) is 0 Å². The highest BCUT2D eigenvalue weighted by atomic mass is 16.5. The Morgan fingerprint density at radius 3 is 2.20 bits per heavy atom. The van der Waals surface area contributed by atoms with Crippen LogP contribution < -0.4 is 35.3 Å². The number of imide groups is 1. The number of methoxy groups -OCH3 is 1. The van der Waals surface area contributed by atoms with Gasteiger partial charge in [0.2, 0.25) is 11.8 Å². The second-order valence-electron chi connectivity index (χ2n) is 18.5. The number of rotatable bonds is 10. The Labute approximate surface area is 404 Å². The Balaban J connectivity index is 0.802. The van der Waals surface area contributed by atoms with Gasteiger partial charge in [-0.05, 0) is 103 Å². The molecule has 8 heterocycles. The maximum Gasteiger partial charge on any atom is 0.353 e. The lowest BCUT2D eigenvalue weighted by Gasteiger charge is -2.44. The van der Waals surface area contributed by atoms with Gasteiger partial charge in [-0.1, -0.05) is 30.3 Å². The first kappa shape index (κ1) is 44.6. The van der Waals surface area contributed by atoms with E-state index < -0.39 is 5.92 Å². The van der Waals surface area contributed by atoms with E-state index in [9.17, 15) is 19.2 Å². The number of pyridine rings is 2. The van der Waals surface area contributed by atoms with Crippen LogP contribution in [0, 0.1) is 6.92 Å². The number of ether oxygens (including phenoxy) is 1. The van der Waals surface area contributed by atoms with E-state index in [1.807, 2.05) is 61.1 Å². The second-order valence-corrected chi connectivity index (χ2v) is 18.5. The highest BCUT2D eigenvalue weighted by Crippen LogP contribution is 2.40. The largest absolute Gasteiger partial charge is 0.467 e. The molecule has 18 heteroatoms. The number of amides is 4. The van der Waals surface area contributed by atoms with Crippen molar-refractivity contribution >= 4 is 51.6 Å². The Kier molecular flexibility index (Phi) is 11.6. The molecule has 1 unspecified atom stereocenters. The van der Waals surface area contributed by atoms with Crippen LogP contribution in [0.1, 0.15) is 42.9 Å². The number of nitrogens with one attached hydrogen (secondary N) is 1. The van der Waals surface area contributed by atoms with E-state index in [1.54, 1.807) is 35.4 Å². The molecule has 0 bridgehead atoms. The molecule has 11 rings (SSSR count).